The van der Waals surface area contributed by atoms with E-state index in [1.54, 1.807) is 0 Å². The average molecular weight is 251 g/mol. The molecule has 1 saturated carbocycles. The van der Waals surface area contributed by atoms with E-state index in [1.807, 2.05) is 26.0 Å². The number of fused-ring (bicyclic) bond motifs is 1. The summed E-state index contributed by atoms with van der Waals surface area (Å²) in [6, 6.07) is 4.40. The molecule has 92 valence electrons. The topological polar surface area (TPSA) is 46.2 Å². The van der Waals surface area contributed by atoms with E-state index < -0.39 is 9.84 Å². The van der Waals surface area contributed by atoms with Crippen molar-refractivity contribution in [2.24, 2.45) is 0 Å². The third-order valence-corrected chi connectivity index (χ3v) is 5.53. The third-order valence-electron chi connectivity index (χ3n) is 3.74. The van der Waals surface area contributed by atoms with E-state index >= 15 is 0 Å². The molecule has 0 bridgehead atoms. The molecular weight excluding hydrogens is 234 g/mol. The Morgan fingerprint density at radius 2 is 1.82 bits per heavy atom. The Bertz CT molecular complexity index is 573. The highest BCUT2D eigenvalue weighted by molar-refractivity contribution is 7.91. The first-order valence-electron chi connectivity index (χ1n) is 6.07. The van der Waals surface area contributed by atoms with Gasteiger partial charge in [-0.3, -0.25) is 0 Å². The Labute approximate surface area is 102 Å². The molecule has 2 aliphatic rings. The maximum atomic E-state index is 12.1. The fraction of sp³-hybridized carbons (Fsp3) is 0.538. The minimum absolute atomic E-state index is 0.00167. The molecule has 1 fully saturated rings. The number of aryl methyl sites for hydroxylation is 2. The van der Waals surface area contributed by atoms with Crippen LogP contribution in [0.4, 0.5) is 0 Å². The lowest BCUT2D eigenvalue weighted by atomic mass is 10.0. The Balaban J connectivity index is 2.08. The van der Waals surface area contributed by atoms with Crippen LogP contribution in [0.15, 0.2) is 17.0 Å². The first-order chi connectivity index (χ1) is 7.97. The van der Waals surface area contributed by atoms with E-state index in [9.17, 15) is 8.42 Å². The van der Waals surface area contributed by atoms with E-state index in [0.29, 0.717) is 10.9 Å². The lowest BCUT2D eigenvalue weighted by Crippen LogP contribution is -2.24. The highest BCUT2D eigenvalue weighted by Gasteiger charge is 2.37. The molecule has 1 heterocycles. The Morgan fingerprint density at radius 1 is 1.18 bits per heavy atom. The number of hydrogen-bond acceptors (Lipinski definition) is 3. The fourth-order valence-corrected chi connectivity index (χ4v) is 4.24. The van der Waals surface area contributed by atoms with Crippen LogP contribution in [-0.4, -0.2) is 20.2 Å². The molecule has 1 N–H and O–H groups in total. The molecule has 4 heteroatoms. The van der Waals surface area contributed by atoms with Crippen LogP contribution in [0, 0.1) is 13.8 Å². The molecule has 3 nitrogen and oxygen atoms in total. The second-order valence-electron chi connectivity index (χ2n) is 5.25. The minimum atomic E-state index is -3.07. The van der Waals surface area contributed by atoms with Crippen LogP contribution in [0.25, 0.3) is 0 Å². The molecule has 0 aromatic heterocycles. The zero-order valence-corrected chi connectivity index (χ0v) is 11.0. The Kier molecular flexibility index (Phi) is 2.35. The van der Waals surface area contributed by atoms with Crippen molar-refractivity contribution in [1.82, 2.24) is 5.32 Å². The van der Waals surface area contributed by atoms with Crippen LogP contribution in [0.5, 0.6) is 0 Å². The van der Waals surface area contributed by atoms with Gasteiger partial charge < -0.3 is 5.32 Å². The Hall–Kier alpha value is -0.870. The van der Waals surface area contributed by atoms with Crippen molar-refractivity contribution in [2.75, 3.05) is 5.75 Å². The SMILES string of the molecule is Cc1cc2c(cc1C)S(=O)(=O)CC2NC1CC1. The number of rotatable bonds is 2. The number of benzene rings is 1. The number of sulfone groups is 1. The predicted molar refractivity (Wildman–Crippen MR) is 66.9 cm³/mol. The zero-order valence-electron chi connectivity index (χ0n) is 10.2. The number of nitrogens with one attached hydrogen (secondary N) is 1. The summed E-state index contributed by atoms with van der Waals surface area (Å²) in [5, 5.41) is 3.43. The summed E-state index contributed by atoms with van der Waals surface area (Å²) >= 11 is 0. The van der Waals surface area contributed by atoms with E-state index in [2.05, 4.69) is 5.32 Å². The van der Waals surface area contributed by atoms with Gasteiger partial charge in [-0.15, -0.1) is 0 Å². The molecular formula is C13H17NO2S. The second kappa shape index (κ2) is 3.56. The highest BCUT2D eigenvalue weighted by atomic mass is 32.2. The van der Waals surface area contributed by atoms with Gasteiger partial charge >= 0.3 is 0 Å². The summed E-state index contributed by atoms with van der Waals surface area (Å²) < 4.78 is 24.2. The van der Waals surface area contributed by atoms with E-state index in [0.717, 1.165) is 11.1 Å². The molecule has 0 spiro atoms. The van der Waals surface area contributed by atoms with Crippen molar-refractivity contribution >= 4 is 9.84 Å². The van der Waals surface area contributed by atoms with Crippen LogP contribution in [0.1, 0.15) is 35.6 Å². The van der Waals surface area contributed by atoms with Gasteiger partial charge in [-0.1, -0.05) is 6.07 Å². The van der Waals surface area contributed by atoms with Gasteiger partial charge in [-0.05, 0) is 49.4 Å². The second-order valence-corrected chi connectivity index (χ2v) is 7.25. The van der Waals surface area contributed by atoms with Crippen molar-refractivity contribution in [2.45, 2.75) is 43.7 Å². The van der Waals surface area contributed by atoms with Gasteiger partial charge in [-0.2, -0.15) is 0 Å². The predicted octanol–water partition coefficient (Wildman–Crippen LogP) is 1.88. The normalized spacial score (nSPS) is 25.9. The first-order valence-corrected chi connectivity index (χ1v) is 7.72. The van der Waals surface area contributed by atoms with E-state index in [4.69, 9.17) is 0 Å². The third kappa shape index (κ3) is 1.89. The smallest absolute Gasteiger partial charge is 0.180 e. The molecule has 0 saturated heterocycles. The quantitative estimate of drug-likeness (QED) is 0.873. The summed E-state index contributed by atoms with van der Waals surface area (Å²) in [7, 11) is -3.07. The van der Waals surface area contributed by atoms with Crippen LogP contribution < -0.4 is 5.32 Å². The molecule has 1 aromatic rings. The fourth-order valence-electron chi connectivity index (χ4n) is 2.43. The van der Waals surface area contributed by atoms with Gasteiger partial charge in [0, 0.05) is 12.1 Å². The Morgan fingerprint density at radius 3 is 2.47 bits per heavy atom. The summed E-state index contributed by atoms with van der Waals surface area (Å²) in [5.41, 5.74) is 3.20. The largest absolute Gasteiger partial charge is 0.306 e. The molecule has 17 heavy (non-hydrogen) atoms. The van der Waals surface area contributed by atoms with Crippen molar-refractivity contribution in [3.8, 4) is 0 Å². The number of hydrogen-bond donors (Lipinski definition) is 1. The average Bonchev–Trinajstić information content (AvgIpc) is 3.00. The van der Waals surface area contributed by atoms with Gasteiger partial charge in [-0.25, -0.2) is 8.42 Å². The van der Waals surface area contributed by atoms with Gasteiger partial charge in [0.05, 0.1) is 10.6 Å². The van der Waals surface area contributed by atoms with Gasteiger partial charge in [0.15, 0.2) is 9.84 Å². The van der Waals surface area contributed by atoms with Crippen LogP contribution >= 0.6 is 0 Å². The van der Waals surface area contributed by atoms with Crippen LogP contribution in [-0.2, 0) is 9.84 Å². The molecule has 1 aromatic carbocycles. The van der Waals surface area contributed by atoms with Gasteiger partial charge in [0.1, 0.15) is 0 Å². The molecule has 0 radical (unpaired) electrons. The van der Waals surface area contributed by atoms with E-state index in [-0.39, 0.29) is 11.8 Å². The lowest BCUT2D eigenvalue weighted by Gasteiger charge is -2.12. The molecule has 1 aliphatic heterocycles. The van der Waals surface area contributed by atoms with Crippen LogP contribution in [0.2, 0.25) is 0 Å². The summed E-state index contributed by atoms with van der Waals surface area (Å²) in [5.74, 6) is 0.224. The molecule has 1 atom stereocenters. The van der Waals surface area contributed by atoms with Gasteiger partial charge in [0.25, 0.3) is 0 Å². The van der Waals surface area contributed by atoms with E-state index in [1.165, 1.54) is 18.4 Å². The maximum Gasteiger partial charge on any atom is 0.180 e. The summed E-state index contributed by atoms with van der Waals surface area (Å²) in [6.07, 6.45) is 2.35. The summed E-state index contributed by atoms with van der Waals surface area (Å²) in [6.45, 7) is 4.00. The monoisotopic (exact) mass is 251 g/mol. The van der Waals surface area contributed by atoms with Crippen molar-refractivity contribution in [3.63, 3.8) is 0 Å². The molecule has 1 aliphatic carbocycles. The van der Waals surface area contributed by atoms with Crippen LogP contribution in [0.3, 0.4) is 0 Å². The first kappa shape index (κ1) is 11.2. The van der Waals surface area contributed by atoms with Crippen molar-refractivity contribution < 1.29 is 8.42 Å². The maximum absolute atomic E-state index is 12.1. The lowest BCUT2D eigenvalue weighted by molar-refractivity contribution is 0.564. The molecule has 3 rings (SSSR count). The van der Waals surface area contributed by atoms with Crippen molar-refractivity contribution in [1.29, 1.82) is 0 Å². The summed E-state index contributed by atoms with van der Waals surface area (Å²) in [4.78, 5) is 0.541. The zero-order chi connectivity index (χ0) is 12.2. The standard InChI is InChI=1S/C13H17NO2S/c1-8-5-11-12(14-10-3-4-10)7-17(15,16)13(11)6-9(8)2/h5-6,10,12,14H,3-4,7H2,1-2H3. The molecule has 1 unspecified atom stereocenters. The van der Waals surface area contributed by atoms with Crippen molar-refractivity contribution in [3.05, 3.63) is 28.8 Å². The minimum Gasteiger partial charge on any atom is -0.306 e. The molecule has 0 amide bonds. The highest BCUT2D eigenvalue weighted by Crippen LogP contribution is 2.37. The van der Waals surface area contributed by atoms with Gasteiger partial charge in [0.2, 0.25) is 0 Å².